The van der Waals surface area contributed by atoms with Gasteiger partial charge in [0.05, 0.1) is 17.1 Å². The van der Waals surface area contributed by atoms with Gasteiger partial charge in [0.15, 0.2) is 0 Å². The topological polar surface area (TPSA) is 59.8 Å². The lowest BCUT2D eigenvalue weighted by Gasteiger charge is -2.24. The number of nitrogens with zero attached hydrogens (tertiary/aromatic N) is 3. The highest BCUT2D eigenvalue weighted by atomic mass is 32.1. The maximum absolute atomic E-state index is 12.0. The monoisotopic (exact) mass is 276 g/mol. The normalized spacial score (nSPS) is 18.1. The predicted molar refractivity (Wildman–Crippen MR) is 73.0 cm³/mol. The van der Waals surface area contributed by atoms with Crippen LogP contribution < -0.4 is 5.32 Å². The van der Waals surface area contributed by atoms with Crippen molar-refractivity contribution < 1.29 is 4.79 Å². The molecule has 1 aliphatic rings. The number of aromatic nitrogens is 3. The van der Waals surface area contributed by atoms with Crippen LogP contribution in [-0.2, 0) is 24.2 Å². The molecule has 0 aromatic carbocycles. The molecule has 1 aliphatic heterocycles. The second-order valence-corrected chi connectivity index (χ2v) is 5.90. The van der Waals surface area contributed by atoms with Crippen LogP contribution in [-0.4, -0.2) is 26.5 Å². The lowest BCUT2D eigenvalue weighted by atomic mass is 10.1. The third-order valence-electron chi connectivity index (χ3n) is 3.31. The summed E-state index contributed by atoms with van der Waals surface area (Å²) in [5.74, 6) is 1.17. The van der Waals surface area contributed by atoms with Crippen LogP contribution in [0.5, 0.6) is 0 Å². The fraction of sp³-hybridized carbons (Fsp3) is 0.462. The molecule has 0 aliphatic carbocycles. The van der Waals surface area contributed by atoms with Gasteiger partial charge in [-0.3, -0.25) is 4.79 Å². The van der Waals surface area contributed by atoms with Gasteiger partial charge in [0.2, 0.25) is 5.91 Å². The van der Waals surface area contributed by atoms with E-state index in [0.29, 0.717) is 6.42 Å². The maximum atomic E-state index is 12.0. The number of fused-ring (bicyclic) bond motifs is 1. The van der Waals surface area contributed by atoms with Crippen LogP contribution in [0.2, 0.25) is 0 Å². The zero-order chi connectivity index (χ0) is 13.2. The molecule has 2 aromatic heterocycles. The summed E-state index contributed by atoms with van der Waals surface area (Å²) in [5.41, 5.74) is 0.860. The minimum Gasteiger partial charge on any atom is -0.351 e. The number of carbonyl (C=O) groups excluding carboxylic acids is 1. The molecule has 1 atom stereocenters. The molecule has 0 radical (unpaired) electrons. The molecule has 1 N–H and O–H groups in total. The molecule has 0 saturated heterocycles. The number of imidazole rings is 1. The zero-order valence-electron chi connectivity index (χ0n) is 10.8. The average molecular weight is 276 g/mol. The van der Waals surface area contributed by atoms with E-state index in [1.165, 1.54) is 0 Å². The summed E-state index contributed by atoms with van der Waals surface area (Å²) in [7, 11) is 0. The predicted octanol–water partition coefficient (Wildman–Crippen LogP) is 1.32. The van der Waals surface area contributed by atoms with Gasteiger partial charge in [0.1, 0.15) is 5.82 Å². The standard InChI is InChI=1S/C13H16N4OS/c1-9-15-11(8-19-9)6-13(18)16-10-2-3-12-14-4-5-17(12)7-10/h4-5,8,10H,2-3,6-7H2,1H3,(H,16,18). The van der Waals surface area contributed by atoms with Crippen molar-refractivity contribution in [2.45, 2.75) is 38.8 Å². The summed E-state index contributed by atoms with van der Waals surface area (Å²) in [4.78, 5) is 20.6. The molecule has 0 bridgehead atoms. The Morgan fingerprint density at radius 1 is 1.63 bits per heavy atom. The minimum absolute atomic E-state index is 0.0545. The molecule has 0 saturated carbocycles. The van der Waals surface area contributed by atoms with E-state index in [9.17, 15) is 4.79 Å². The van der Waals surface area contributed by atoms with Gasteiger partial charge in [-0.15, -0.1) is 11.3 Å². The smallest absolute Gasteiger partial charge is 0.226 e. The second kappa shape index (κ2) is 5.13. The fourth-order valence-corrected chi connectivity index (χ4v) is 3.03. The van der Waals surface area contributed by atoms with E-state index in [0.717, 1.165) is 35.9 Å². The highest BCUT2D eigenvalue weighted by Crippen LogP contribution is 2.13. The first-order valence-corrected chi connectivity index (χ1v) is 7.29. The number of aryl methyl sites for hydroxylation is 2. The third-order valence-corrected chi connectivity index (χ3v) is 4.13. The van der Waals surface area contributed by atoms with Crippen molar-refractivity contribution in [1.29, 1.82) is 0 Å². The number of hydrogen-bond donors (Lipinski definition) is 1. The fourth-order valence-electron chi connectivity index (χ4n) is 2.42. The molecule has 6 heteroatoms. The van der Waals surface area contributed by atoms with Crippen LogP contribution in [0.4, 0.5) is 0 Å². The van der Waals surface area contributed by atoms with Crippen LogP contribution in [0.25, 0.3) is 0 Å². The molecule has 3 heterocycles. The van der Waals surface area contributed by atoms with Crippen LogP contribution in [0.3, 0.4) is 0 Å². The number of carbonyl (C=O) groups is 1. The van der Waals surface area contributed by atoms with Gasteiger partial charge < -0.3 is 9.88 Å². The van der Waals surface area contributed by atoms with Crippen LogP contribution in [0.1, 0.15) is 22.9 Å². The molecular formula is C13H16N4OS. The Balaban J connectivity index is 1.56. The van der Waals surface area contributed by atoms with E-state index in [1.807, 2.05) is 24.7 Å². The van der Waals surface area contributed by atoms with Crippen molar-refractivity contribution in [3.63, 3.8) is 0 Å². The summed E-state index contributed by atoms with van der Waals surface area (Å²) in [5, 5.41) is 6.04. The minimum atomic E-state index is 0.0545. The second-order valence-electron chi connectivity index (χ2n) is 4.83. The number of amides is 1. The summed E-state index contributed by atoms with van der Waals surface area (Å²) in [6.45, 7) is 2.77. The Kier molecular flexibility index (Phi) is 3.33. The number of thiazole rings is 1. The first kappa shape index (κ1) is 12.3. The molecule has 100 valence electrons. The van der Waals surface area contributed by atoms with E-state index in [1.54, 1.807) is 11.3 Å². The van der Waals surface area contributed by atoms with Crippen LogP contribution >= 0.6 is 11.3 Å². The highest BCUT2D eigenvalue weighted by Gasteiger charge is 2.20. The molecule has 1 unspecified atom stereocenters. The number of rotatable bonds is 3. The zero-order valence-corrected chi connectivity index (χ0v) is 11.6. The Morgan fingerprint density at radius 2 is 2.53 bits per heavy atom. The molecule has 5 nitrogen and oxygen atoms in total. The average Bonchev–Trinajstić information content (AvgIpc) is 2.97. The Morgan fingerprint density at radius 3 is 3.32 bits per heavy atom. The molecule has 3 rings (SSSR count). The van der Waals surface area contributed by atoms with Crippen molar-refractivity contribution in [2.24, 2.45) is 0 Å². The number of nitrogens with one attached hydrogen (secondary N) is 1. The first-order valence-electron chi connectivity index (χ1n) is 6.41. The lowest BCUT2D eigenvalue weighted by molar-refractivity contribution is -0.121. The van der Waals surface area contributed by atoms with E-state index in [-0.39, 0.29) is 11.9 Å². The van der Waals surface area contributed by atoms with Gasteiger partial charge in [-0.2, -0.15) is 0 Å². The summed E-state index contributed by atoms with van der Waals surface area (Å²) >= 11 is 1.58. The van der Waals surface area contributed by atoms with Crippen molar-refractivity contribution in [3.8, 4) is 0 Å². The van der Waals surface area contributed by atoms with Gasteiger partial charge in [0.25, 0.3) is 0 Å². The van der Waals surface area contributed by atoms with Gasteiger partial charge in [-0.1, -0.05) is 0 Å². The quantitative estimate of drug-likeness (QED) is 0.920. The van der Waals surface area contributed by atoms with Crippen LogP contribution in [0, 0.1) is 6.92 Å². The summed E-state index contributed by atoms with van der Waals surface area (Å²) < 4.78 is 2.11. The largest absolute Gasteiger partial charge is 0.351 e. The highest BCUT2D eigenvalue weighted by molar-refractivity contribution is 7.09. The molecule has 0 fully saturated rings. The first-order chi connectivity index (χ1) is 9.20. The van der Waals surface area contributed by atoms with E-state index in [4.69, 9.17) is 0 Å². The molecule has 19 heavy (non-hydrogen) atoms. The Hall–Kier alpha value is -1.69. The molecule has 2 aromatic rings. The third kappa shape index (κ3) is 2.84. The van der Waals surface area contributed by atoms with Crippen molar-refractivity contribution >= 4 is 17.2 Å². The van der Waals surface area contributed by atoms with E-state index >= 15 is 0 Å². The molecular weight excluding hydrogens is 260 g/mol. The van der Waals surface area contributed by atoms with Gasteiger partial charge in [-0.05, 0) is 13.3 Å². The van der Waals surface area contributed by atoms with Gasteiger partial charge >= 0.3 is 0 Å². The number of hydrogen-bond acceptors (Lipinski definition) is 4. The van der Waals surface area contributed by atoms with Gasteiger partial charge in [0, 0.05) is 36.8 Å². The Labute approximate surface area is 115 Å². The lowest BCUT2D eigenvalue weighted by Crippen LogP contribution is -2.41. The maximum Gasteiger partial charge on any atom is 0.226 e. The van der Waals surface area contributed by atoms with Crippen LogP contribution in [0.15, 0.2) is 17.8 Å². The van der Waals surface area contributed by atoms with Crippen molar-refractivity contribution in [3.05, 3.63) is 34.3 Å². The SMILES string of the molecule is Cc1nc(CC(=O)NC2CCc3nccn3C2)cs1. The summed E-state index contributed by atoms with van der Waals surface area (Å²) in [6.07, 6.45) is 6.04. The van der Waals surface area contributed by atoms with E-state index in [2.05, 4.69) is 19.9 Å². The molecule has 0 spiro atoms. The summed E-state index contributed by atoms with van der Waals surface area (Å²) in [6, 6.07) is 0.203. The van der Waals surface area contributed by atoms with Crippen molar-refractivity contribution in [1.82, 2.24) is 19.9 Å². The van der Waals surface area contributed by atoms with Gasteiger partial charge in [-0.25, -0.2) is 9.97 Å². The Bertz CT molecular complexity index is 589. The van der Waals surface area contributed by atoms with E-state index < -0.39 is 0 Å². The van der Waals surface area contributed by atoms with Crippen molar-refractivity contribution in [2.75, 3.05) is 0 Å². The molecule has 1 amide bonds.